The van der Waals surface area contributed by atoms with Crippen LogP contribution in [0, 0.1) is 0 Å². The number of rotatable bonds is 2. The molecular weight excluding hydrogens is 344 g/mol. The van der Waals surface area contributed by atoms with Crippen LogP contribution in [-0.4, -0.2) is 41.8 Å². The fourth-order valence-corrected chi connectivity index (χ4v) is 3.33. The van der Waals surface area contributed by atoms with E-state index in [2.05, 4.69) is 5.16 Å². The molecule has 0 spiro atoms. The van der Waals surface area contributed by atoms with Gasteiger partial charge in [-0.2, -0.15) is 0 Å². The second-order valence-corrected chi connectivity index (χ2v) is 9.49. The van der Waals surface area contributed by atoms with Crippen LogP contribution in [0.2, 0.25) is 0 Å². The molecule has 0 N–H and O–H groups in total. The van der Waals surface area contributed by atoms with Crippen LogP contribution in [0.5, 0.6) is 0 Å². The summed E-state index contributed by atoms with van der Waals surface area (Å²) < 4.78 is 30.4. The van der Waals surface area contributed by atoms with Crippen molar-refractivity contribution in [2.24, 2.45) is 0 Å². The fraction of sp³-hybridized carbons (Fsp3) is 0.632. The molecule has 0 unspecified atom stereocenters. The molecule has 4 rings (SSSR count). The van der Waals surface area contributed by atoms with Crippen molar-refractivity contribution in [2.75, 3.05) is 0 Å². The molecule has 0 atom stereocenters. The molecule has 2 aliphatic rings. The highest BCUT2D eigenvalue weighted by atomic mass is 16.7. The van der Waals surface area contributed by atoms with E-state index in [-0.39, 0.29) is 0 Å². The maximum Gasteiger partial charge on any atom is 0.498 e. The van der Waals surface area contributed by atoms with Gasteiger partial charge < -0.3 is 23.1 Å². The Morgan fingerprint density at radius 1 is 0.667 bits per heavy atom. The minimum absolute atomic E-state index is 0.411. The first-order valence-corrected chi connectivity index (χ1v) is 9.43. The molecule has 8 heteroatoms. The molecule has 3 heterocycles. The molecule has 0 bridgehead atoms. The minimum atomic E-state index is -0.516. The zero-order valence-corrected chi connectivity index (χ0v) is 17.4. The lowest BCUT2D eigenvalue weighted by atomic mass is 9.72. The summed E-state index contributed by atoms with van der Waals surface area (Å²) in [5, 5.41) is 4.86. The SMILES string of the molecule is CC1(C)OB(c2ccc(B3OC(C)(C)C(C)(C)O3)c3oncc23)OC1(C)C. The molecule has 0 radical (unpaired) electrons. The molecule has 27 heavy (non-hydrogen) atoms. The van der Waals surface area contributed by atoms with E-state index in [4.69, 9.17) is 23.1 Å². The Balaban J connectivity index is 1.73. The van der Waals surface area contributed by atoms with Crippen molar-refractivity contribution in [1.29, 1.82) is 0 Å². The Labute approximate surface area is 161 Å². The van der Waals surface area contributed by atoms with Gasteiger partial charge in [-0.05, 0) is 60.9 Å². The van der Waals surface area contributed by atoms with E-state index in [1.54, 1.807) is 6.20 Å². The van der Waals surface area contributed by atoms with Gasteiger partial charge in [-0.3, -0.25) is 0 Å². The Kier molecular flexibility index (Phi) is 3.94. The summed E-state index contributed by atoms with van der Waals surface area (Å²) in [5.41, 5.74) is 0.687. The van der Waals surface area contributed by atoms with Crippen molar-refractivity contribution in [2.45, 2.75) is 77.8 Å². The van der Waals surface area contributed by atoms with Gasteiger partial charge in [0.2, 0.25) is 0 Å². The summed E-state index contributed by atoms with van der Waals surface area (Å²) >= 11 is 0. The van der Waals surface area contributed by atoms with Crippen LogP contribution in [0.1, 0.15) is 55.4 Å². The molecule has 0 saturated carbocycles. The predicted molar refractivity (Wildman–Crippen MR) is 105 cm³/mol. The second-order valence-electron chi connectivity index (χ2n) is 9.49. The molecule has 2 aromatic rings. The zero-order valence-electron chi connectivity index (χ0n) is 17.4. The molecule has 1 aromatic carbocycles. The third-order valence-corrected chi connectivity index (χ3v) is 6.60. The van der Waals surface area contributed by atoms with E-state index in [1.165, 1.54) is 0 Å². The molecule has 6 nitrogen and oxygen atoms in total. The summed E-state index contributed by atoms with van der Waals surface area (Å²) in [4.78, 5) is 0. The zero-order chi connectivity index (χ0) is 19.8. The van der Waals surface area contributed by atoms with Gasteiger partial charge in [0.15, 0.2) is 5.58 Å². The quantitative estimate of drug-likeness (QED) is 0.756. The van der Waals surface area contributed by atoms with Gasteiger partial charge in [0.05, 0.1) is 28.6 Å². The molecule has 1 aromatic heterocycles. The van der Waals surface area contributed by atoms with Crippen LogP contribution in [0.3, 0.4) is 0 Å². The first-order valence-electron chi connectivity index (χ1n) is 9.43. The number of aromatic nitrogens is 1. The van der Waals surface area contributed by atoms with Gasteiger partial charge in [0.1, 0.15) is 0 Å². The standard InChI is InChI=1S/C19H27B2NO5/c1-16(2)17(3,4)25-20(24-16)13-9-10-14(15-12(13)11-22-23-15)21-26-18(5,6)19(7,8)27-21/h9-11H,1-8H3. The second kappa shape index (κ2) is 5.60. The van der Waals surface area contributed by atoms with Crippen molar-refractivity contribution in [3.8, 4) is 0 Å². The Hall–Kier alpha value is -1.34. The van der Waals surface area contributed by atoms with Gasteiger partial charge in [-0.15, -0.1) is 0 Å². The number of nitrogens with zero attached hydrogens (tertiary/aromatic N) is 1. The number of hydrogen-bond donors (Lipinski definition) is 0. The number of hydrogen-bond acceptors (Lipinski definition) is 6. The topological polar surface area (TPSA) is 63.0 Å². The summed E-state index contributed by atoms with van der Waals surface area (Å²) in [5.74, 6) is 0. The van der Waals surface area contributed by atoms with Crippen molar-refractivity contribution in [1.82, 2.24) is 5.16 Å². The largest absolute Gasteiger partial charge is 0.498 e. The summed E-state index contributed by atoms with van der Waals surface area (Å²) in [6.07, 6.45) is 1.70. The monoisotopic (exact) mass is 371 g/mol. The van der Waals surface area contributed by atoms with Crippen molar-refractivity contribution < 1.29 is 23.1 Å². The van der Waals surface area contributed by atoms with E-state index in [0.717, 1.165) is 16.3 Å². The summed E-state index contributed by atoms with van der Waals surface area (Å²) in [6.45, 7) is 16.3. The van der Waals surface area contributed by atoms with Gasteiger partial charge in [-0.25, -0.2) is 0 Å². The Bertz CT molecular complexity index is 787. The first-order chi connectivity index (χ1) is 12.3. The maximum absolute atomic E-state index is 6.20. The average molecular weight is 371 g/mol. The smallest absolute Gasteiger partial charge is 0.399 e. The van der Waals surface area contributed by atoms with Gasteiger partial charge >= 0.3 is 14.2 Å². The third kappa shape index (κ3) is 2.77. The molecule has 144 valence electrons. The van der Waals surface area contributed by atoms with E-state index in [9.17, 15) is 0 Å². The lowest BCUT2D eigenvalue weighted by molar-refractivity contribution is 0.00578. The van der Waals surface area contributed by atoms with Crippen molar-refractivity contribution in [3.63, 3.8) is 0 Å². The Morgan fingerprint density at radius 3 is 1.56 bits per heavy atom. The van der Waals surface area contributed by atoms with Crippen molar-refractivity contribution in [3.05, 3.63) is 18.3 Å². The Morgan fingerprint density at radius 2 is 1.07 bits per heavy atom. The molecule has 2 aliphatic heterocycles. The highest BCUT2D eigenvalue weighted by molar-refractivity contribution is 6.68. The van der Waals surface area contributed by atoms with Gasteiger partial charge in [-0.1, -0.05) is 17.3 Å². The van der Waals surface area contributed by atoms with Crippen molar-refractivity contribution >= 4 is 36.1 Å². The van der Waals surface area contributed by atoms with Crippen LogP contribution in [0.4, 0.5) is 0 Å². The first kappa shape index (κ1) is 19.0. The number of benzene rings is 1. The van der Waals surface area contributed by atoms with E-state index < -0.39 is 36.6 Å². The van der Waals surface area contributed by atoms with Gasteiger partial charge in [0.25, 0.3) is 0 Å². The molecule has 0 aliphatic carbocycles. The van der Waals surface area contributed by atoms with Crippen LogP contribution in [-0.2, 0) is 18.6 Å². The molecule has 2 saturated heterocycles. The lowest BCUT2D eigenvalue weighted by Crippen LogP contribution is -2.41. The third-order valence-electron chi connectivity index (χ3n) is 6.60. The van der Waals surface area contributed by atoms with Crippen LogP contribution < -0.4 is 10.9 Å². The van der Waals surface area contributed by atoms with E-state index in [1.807, 2.05) is 67.5 Å². The van der Waals surface area contributed by atoms with Crippen LogP contribution in [0.25, 0.3) is 11.0 Å². The van der Waals surface area contributed by atoms with Gasteiger partial charge in [0, 0.05) is 10.8 Å². The van der Waals surface area contributed by atoms with E-state index in [0.29, 0.717) is 5.58 Å². The molecular formula is C19H27B2NO5. The van der Waals surface area contributed by atoms with Crippen LogP contribution >= 0.6 is 0 Å². The maximum atomic E-state index is 6.20. The van der Waals surface area contributed by atoms with E-state index >= 15 is 0 Å². The fourth-order valence-electron chi connectivity index (χ4n) is 3.33. The molecule has 0 amide bonds. The number of fused-ring (bicyclic) bond motifs is 1. The minimum Gasteiger partial charge on any atom is -0.399 e. The highest BCUT2D eigenvalue weighted by Gasteiger charge is 2.54. The summed E-state index contributed by atoms with van der Waals surface area (Å²) in [6, 6.07) is 3.94. The average Bonchev–Trinajstić information content (AvgIpc) is 3.13. The lowest BCUT2D eigenvalue weighted by Gasteiger charge is -2.32. The predicted octanol–water partition coefficient (Wildman–Crippen LogP) is 2.43. The normalized spacial score (nSPS) is 25.5. The molecule has 2 fully saturated rings. The summed E-state index contributed by atoms with van der Waals surface area (Å²) in [7, 11) is -0.998. The van der Waals surface area contributed by atoms with Crippen LogP contribution in [0.15, 0.2) is 22.9 Å². The highest BCUT2D eigenvalue weighted by Crippen LogP contribution is 2.38.